The lowest BCUT2D eigenvalue weighted by Gasteiger charge is -2.18. The van der Waals surface area contributed by atoms with Crippen molar-refractivity contribution in [2.75, 3.05) is 0 Å². The molecular formula is C7H15NS3. The first-order valence-electron chi connectivity index (χ1n) is 3.47. The van der Waals surface area contributed by atoms with E-state index in [2.05, 4.69) is 20.8 Å². The molecule has 0 rings (SSSR count). The summed E-state index contributed by atoms with van der Waals surface area (Å²) >= 11 is 4.85. The van der Waals surface area contributed by atoms with Crippen LogP contribution in [0.2, 0.25) is 0 Å². The maximum absolute atomic E-state index is 5.46. The normalized spacial score (nSPS) is 14.5. The van der Waals surface area contributed by atoms with Gasteiger partial charge in [-0.1, -0.05) is 54.6 Å². The van der Waals surface area contributed by atoms with Gasteiger partial charge in [-0.25, -0.2) is 0 Å². The molecule has 0 radical (unpaired) electrons. The first-order chi connectivity index (χ1) is 4.83. The highest BCUT2D eigenvalue weighted by Crippen LogP contribution is 2.37. The van der Waals surface area contributed by atoms with Crippen molar-refractivity contribution in [2.45, 2.75) is 37.7 Å². The van der Waals surface area contributed by atoms with Gasteiger partial charge in [0.25, 0.3) is 0 Å². The fourth-order valence-corrected chi connectivity index (χ4v) is 2.73. The molecule has 0 heterocycles. The Kier molecular flexibility index (Phi) is 4.82. The smallest absolute Gasteiger partial charge is 0.0865 e. The second-order valence-electron chi connectivity index (χ2n) is 3.34. The second-order valence-corrected chi connectivity index (χ2v) is 7.18. The maximum Gasteiger partial charge on any atom is 0.0865 e. The first kappa shape index (κ1) is 11.6. The van der Waals surface area contributed by atoms with Crippen molar-refractivity contribution in [3.63, 3.8) is 0 Å². The molecule has 0 aromatic rings. The number of hydrogen-bond donors (Lipinski definition) is 1. The van der Waals surface area contributed by atoms with Gasteiger partial charge in [-0.2, -0.15) is 0 Å². The number of hydrogen-bond acceptors (Lipinski definition) is 3. The summed E-state index contributed by atoms with van der Waals surface area (Å²) in [7, 11) is 3.56. The lowest BCUT2D eigenvalue weighted by atomic mass is 10.3. The van der Waals surface area contributed by atoms with E-state index in [9.17, 15) is 0 Å². The van der Waals surface area contributed by atoms with Gasteiger partial charge in [0, 0.05) is 4.75 Å². The topological polar surface area (TPSA) is 26.0 Å². The minimum atomic E-state index is 0.272. The zero-order chi connectivity index (χ0) is 9.07. The lowest BCUT2D eigenvalue weighted by molar-refractivity contribution is 0.810. The predicted octanol–water partition coefficient (Wildman–Crippen LogP) is 2.84. The van der Waals surface area contributed by atoms with Gasteiger partial charge in [-0.3, -0.25) is 0 Å². The molecule has 0 aliphatic carbocycles. The van der Waals surface area contributed by atoms with Crippen LogP contribution in [0.3, 0.4) is 0 Å². The summed E-state index contributed by atoms with van der Waals surface area (Å²) in [5.41, 5.74) is 5.46. The Morgan fingerprint density at radius 3 is 2.18 bits per heavy atom. The van der Waals surface area contributed by atoms with E-state index in [4.69, 9.17) is 18.0 Å². The quantitative estimate of drug-likeness (QED) is 0.571. The summed E-state index contributed by atoms with van der Waals surface area (Å²) in [5.74, 6) is 0. The molecule has 0 fully saturated rings. The summed E-state index contributed by atoms with van der Waals surface area (Å²) in [6.45, 7) is 8.57. The molecule has 11 heavy (non-hydrogen) atoms. The molecule has 1 atom stereocenters. The standard InChI is InChI=1S/C7H15NS3/c1-5(6(8)9)10-11-7(2,3)4/h5H,1-4H3,(H2,8,9). The van der Waals surface area contributed by atoms with E-state index >= 15 is 0 Å². The molecule has 0 aromatic carbocycles. The van der Waals surface area contributed by atoms with Gasteiger partial charge in [0.1, 0.15) is 0 Å². The molecule has 0 aromatic heterocycles. The molecule has 0 saturated heterocycles. The molecule has 0 saturated carbocycles. The summed E-state index contributed by atoms with van der Waals surface area (Å²) in [6, 6.07) is 0. The van der Waals surface area contributed by atoms with Crippen molar-refractivity contribution in [3.8, 4) is 0 Å². The molecule has 1 nitrogen and oxygen atoms in total. The Labute approximate surface area is 82.3 Å². The Bertz CT molecular complexity index is 139. The maximum atomic E-state index is 5.46. The monoisotopic (exact) mass is 209 g/mol. The van der Waals surface area contributed by atoms with Crippen LogP contribution in [0.5, 0.6) is 0 Å². The van der Waals surface area contributed by atoms with E-state index in [1.54, 1.807) is 10.8 Å². The second kappa shape index (κ2) is 4.58. The van der Waals surface area contributed by atoms with Crippen LogP contribution in [0.15, 0.2) is 0 Å². The highest BCUT2D eigenvalue weighted by atomic mass is 33.1. The third kappa shape index (κ3) is 6.97. The summed E-state index contributed by atoms with van der Waals surface area (Å²) < 4.78 is 0.281. The van der Waals surface area contributed by atoms with E-state index in [1.165, 1.54) is 0 Å². The average Bonchev–Trinajstić information content (AvgIpc) is 1.80. The first-order valence-corrected chi connectivity index (χ1v) is 6.09. The minimum absolute atomic E-state index is 0.272. The van der Waals surface area contributed by atoms with Crippen molar-refractivity contribution in [1.82, 2.24) is 0 Å². The molecule has 0 spiro atoms. The third-order valence-corrected chi connectivity index (χ3v) is 5.14. The number of thiocarbonyl (C=S) groups is 1. The van der Waals surface area contributed by atoms with E-state index in [0.29, 0.717) is 4.99 Å². The lowest BCUT2D eigenvalue weighted by Crippen LogP contribution is -2.20. The van der Waals surface area contributed by atoms with Crippen LogP contribution in [0.1, 0.15) is 27.7 Å². The Morgan fingerprint density at radius 1 is 1.45 bits per heavy atom. The van der Waals surface area contributed by atoms with Crippen molar-refractivity contribution < 1.29 is 0 Å². The molecule has 0 aliphatic rings. The zero-order valence-corrected chi connectivity index (χ0v) is 9.83. The highest BCUT2D eigenvalue weighted by molar-refractivity contribution is 8.77. The van der Waals surface area contributed by atoms with Crippen LogP contribution in [0.25, 0.3) is 0 Å². The van der Waals surface area contributed by atoms with Crippen LogP contribution in [0.4, 0.5) is 0 Å². The fourth-order valence-electron chi connectivity index (χ4n) is 0.264. The Balaban J connectivity index is 3.63. The molecule has 2 N–H and O–H groups in total. The van der Waals surface area contributed by atoms with E-state index in [0.717, 1.165) is 0 Å². The van der Waals surface area contributed by atoms with Crippen LogP contribution < -0.4 is 5.73 Å². The van der Waals surface area contributed by atoms with Crippen molar-refractivity contribution in [1.29, 1.82) is 0 Å². The van der Waals surface area contributed by atoms with Crippen molar-refractivity contribution in [3.05, 3.63) is 0 Å². The molecule has 0 amide bonds. The SMILES string of the molecule is CC(SSC(C)(C)C)C(N)=S. The van der Waals surface area contributed by atoms with Gasteiger partial charge in [0.05, 0.1) is 10.2 Å². The molecule has 0 bridgehead atoms. The summed E-state index contributed by atoms with van der Waals surface area (Å²) in [5, 5.41) is 0.272. The van der Waals surface area contributed by atoms with Crippen LogP contribution in [-0.4, -0.2) is 15.0 Å². The highest BCUT2D eigenvalue weighted by Gasteiger charge is 2.14. The fraction of sp³-hybridized carbons (Fsp3) is 0.857. The third-order valence-electron chi connectivity index (χ3n) is 0.843. The molecule has 1 unspecified atom stereocenters. The largest absolute Gasteiger partial charge is 0.392 e. The van der Waals surface area contributed by atoms with Gasteiger partial charge in [0.2, 0.25) is 0 Å². The van der Waals surface area contributed by atoms with Crippen molar-refractivity contribution >= 4 is 38.8 Å². The van der Waals surface area contributed by atoms with Crippen molar-refractivity contribution in [2.24, 2.45) is 5.73 Å². The van der Waals surface area contributed by atoms with Crippen LogP contribution >= 0.6 is 33.8 Å². The summed E-state index contributed by atoms with van der Waals surface area (Å²) in [4.78, 5) is 0.590. The number of rotatable bonds is 3. The van der Waals surface area contributed by atoms with E-state index < -0.39 is 0 Å². The summed E-state index contributed by atoms with van der Waals surface area (Å²) in [6.07, 6.45) is 0. The molecule has 4 heteroatoms. The zero-order valence-electron chi connectivity index (χ0n) is 7.38. The van der Waals surface area contributed by atoms with Gasteiger partial charge in [-0.05, 0) is 6.92 Å². The molecule has 66 valence electrons. The average molecular weight is 209 g/mol. The number of nitrogens with two attached hydrogens (primary N) is 1. The minimum Gasteiger partial charge on any atom is -0.392 e. The van der Waals surface area contributed by atoms with Gasteiger partial charge in [0.15, 0.2) is 0 Å². The van der Waals surface area contributed by atoms with Gasteiger partial charge in [-0.15, -0.1) is 0 Å². The molecule has 0 aliphatic heterocycles. The Morgan fingerprint density at radius 2 is 1.91 bits per heavy atom. The molecular weight excluding hydrogens is 194 g/mol. The van der Waals surface area contributed by atoms with Crippen LogP contribution in [-0.2, 0) is 0 Å². The van der Waals surface area contributed by atoms with E-state index in [-0.39, 0.29) is 10.00 Å². The van der Waals surface area contributed by atoms with E-state index in [1.807, 2.05) is 17.7 Å². The van der Waals surface area contributed by atoms with Crippen LogP contribution in [0, 0.1) is 0 Å². The predicted molar refractivity (Wildman–Crippen MR) is 61.2 cm³/mol. The van der Waals surface area contributed by atoms with Gasteiger partial charge < -0.3 is 5.73 Å². The Hall–Kier alpha value is 0.590. The van der Waals surface area contributed by atoms with Gasteiger partial charge >= 0.3 is 0 Å².